The first kappa shape index (κ1) is 12.3. The molecule has 0 N–H and O–H groups in total. The fraction of sp³-hybridized carbons (Fsp3) is 0.125. The summed E-state index contributed by atoms with van der Waals surface area (Å²) in [6.07, 6.45) is 5.69. The molecule has 4 aromatic rings. The monoisotopic (exact) mass is 295 g/mol. The fourth-order valence-corrected chi connectivity index (χ4v) is 3.91. The van der Waals surface area contributed by atoms with Crippen molar-refractivity contribution in [1.29, 1.82) is 0 Å². The van der Waals surface area contributed by atoms with Gasteiger partial charge in [0.25, 0.3) is 0 Å². The molecule has 0 spiro atoms. The molecule has 0 bridgehead atoms. The smallest absolute Gasteiger partial charge is 0.126 e. The molecule has 0 aliphatic rings. The molecule has 4 nitrogen and oxygen atoms in total. The number of aromatic nitrogens is 3. The molecule has 0 saturated heterocycles. The van der Waals surface area contributed by atoms with Gasteiger partial charge in [-0.1, -0.05) is 5.16 Å². The number of thiophene rings is 1. The predicted molar refractivity (Wildman–Crippen MR) is 83.9 cm³/mol. The minimum Gasteiger partial charge on any atom is -0.364 e. The summed E-state index contributed by atoms with van der Waals surface area (Å²) in [4.78, 5) is 6.80. The zero-order valence-corrected chi connectivity index (χ0v) is 12.5. The highest BCUT2D eigenvalue weighted by Crippen LogP contribution is 2.41. The van der Waals surface area contributed by atoms with Gasteiger partial charge >= 0.3 is 0 Å². The molecule has 0 amide bonds. The zero-order valence-electron chi connectivity index (χ0n) is 11.7. The lowest BCUT2D eigenvalue weighted by Crippen LogP contribution is -1.93. The van der Waals surface area contributed by atoms with Gasteiger partial charge in [0.05, 0.1) is 10.6 Å². The third kappa shape index (κ3) is 1.89. The van der Waals surface area contributed by atoms with Gasteiger partial charge in [-0.2, -0.15) is 0 Å². The standard InChI is InChI=1S/C16H13N3OS/c1-10-9-11(2)17-16-13(10)14(19-6-3-4-7-19)15(21-16)12-5-8-20-18-12/h3-9H,1-2H3. The van der Waals surface area contributed by atoms with Crippen LogP contribution in [0.2, 0.25) is 0 Å². The number of nitrogens with zero attached hydrogens (tertiary/aromatic N) is 3. The van der Waals surface area contributed by atoms with E-state index in [0.717, 1.165) is 26.8 Å². The average Bonchev–Trinajstić information content (AvgIpc) is 3.18. The summed E-state index contributed by atoms with van der Waals surface area (Å²) < 4.78 is 7.14. The van der Waals surface area contributed by atoms with Crippen molar-refractivity contribution >= 4 is 21.6 Å². The molecule has 0 radical (unpaired) electrons. The SMILES string of the molecule is Cc1cc(C)c2c(-n3cccc3)c(-c3ccon3)sc2n1. The van der Waals surface area contributed by atoms with Crippen molar-refractivity contribution in [3.05, 3.63) is 54.2 Å². The Balaban J connectivity index is 2.14. The van der Waals surface area contributed by atoms with Gasteiger partial charge in [-0.05, 0) is 37.6 Å². The van der Waals surface area contributed by atoms with E-state index in [-0.39, 0.29) is 0 Å². The molecule has 5 heteroatoms. The Kier molecular flexibility index (Phi) is 2.68. The molecular formula is C16H13N3OS. The number of hydrogen-bond acceptors (Lipinski definition) is 4. The van der Waals surface area contributed by atoms with E-state index < -0.39 is 0 Å². The van der Waals surface area contributed by atoms with Crippen LogP contribution in [0.4, 0.5) is 0 Å². The zero-order chi connectivity index (χ0) is 14.4. The van der Waals surface area contributed by atoms with Crippen LogP contribution in [0.1, 0.15) is 11.3 Å². The topological polar surface area (TPSA) is 43.9 Å². The summed E-state index contributed by atoms with van der Waals surface area (Å²) in [6, 6.07) is 8.05. The lowest BCUT2D eigenvalue weighted by molar-refractivity contribution is 0.422. The maximum Gasteiger partial charge on any atom is 0.126 e. The molecule has 4 heterocycles. The van der Waals surface area contributed by atoms with Crippen molar-refractivity contribution in [1.82, 2.24) is 14.7 Å². The van der Waals surface area contributed by atoms with Gasteiger partial charge in [0.15, 0.2) is 0 Å². The highest BCUT2D eigenvalue weighted by molar-refractivity contribution is 7.22. The fourth-order valence-electron chi connectivity index (χ4n) is 2.66. The van der Waals surface area contributed by atoms with E-state index in [1.54, 1.807) is 17.6 Å². The van der Waals surface area contributed by atoms with Crippen LogP contribution in [0, 0.1) is 13.8 Å². The Bertz CT molecular complexity index is 905. The van der Waals surface area contributed by atoms with E-state index in [9.17, 15) is 0 Å². The van der Waals surface area contributed by atoms with Crippen LogP contribution in [-0.4, -0.2) is 14.7 Å². The van der Waals surface area contributed by atoms with Gasteiger partial charge in [0.2, 0.25) is 0 Å². The molecule has 0 atom stereocenters. The van der Waals surface area contributed by atoms with Crippen LogP contribution in [0.25, 0.3) is 26.5 Å². The molecule has 104 valence electrons. The van der Waals surface area contributed by atoms with Crippen molar-refractivity contribution < 1.29 is 4.52 Å². The Morgan fingerprint density at radius 1 is 1.19 bits per heavy atom. The molecule has 0 aliphatic heterocycles. The second kappa shape index (κ2) is 4.56. The van der Waals surface area contributed by atoms with Crippen molar-refractivity contribution in [3.8, 4) is 16.3 Å². The van der Waals surface area contributed by atoms with E-state index in [2.05, 4.69) is 27.7 Å². The van der Waals surface area contributed by atoms with Gasteiger partial charge in [-0.25, -0.2) is 4.98 Å². The molecular weight excluding hydrogens is 282 g/mol. The molecule has 0 aliphatic carbocycles. The van der Waals surface area contributed by atoms with Crippen molar-refractivity contribution in [2.45, 2.75) is 13.8 Å². The molecule has 0 fully saturated rings. The molecule has 0 saturated carbocycles. The highest BCUT2D eigenvalue weighted by atomic mass is 32.1. The molecule has 0 aromatic carbocycles. The minimum absolute atomic E-state index is 0.846. The largest absolute Gasteiger partial charge is 0.364 e. The summed E-state index contributed by atoms with van der Waals surface area (Å²) in [5.74, 6) is 0. The number of hydrogen-bond donors (Lipinski definition) is 0. The molecule has 21 heavy (non-hydrogen) atoms. The highest BCUT2D eigenvalue weighted by Gasteiger charge is 2.19. The van der Waals surface area contributed by atoms with Gasteiger partial charge in [-0.3, -0.25) is 0 Å². The van der Waals surface area contributed by atoms with E-state index in [1.165, 1.54) is 10.9 Å². The summed E-state index contributed by atoms with van der Waals surface area (Å²) in [5, 5.41) is 5.28. The van der Waals surface area contributed by atoms with E-state index in [4.69, 9.17) is 4.52 Å². The third-order valence-corrected chi connectivity index (χ3v) is 4.59. The third-order valence-electron chi connectivity index (χ3n) is 3.50. The second-order valence-electron chi connectivity index (χ2n) is 5.02. The first-order chi connectivity index (χ1) is 10.2. The summed E-state index contributed by atoms with van der Waals surface area (Å²) >= 11 is 1.65. The van der Waals surface area contributed by atoms with Crippen molar-refractivity contribution in [2.24, 2.45) is 0 Å². The van der Waals surface area contributed by atoms with Crippen LogP contribution in [-0.2, 0) is 0 Å². The quantitative estimate of drug-likeness (QED) is 0.552. The normalized spacial score (nSPS) is 11.3. The Hall–Kier alpha value is -2.40. The van der Waals surface area contributed by atoms with Crippen LogP contribution < -0.4 is 0 Å². The van der Waals surface area contributed by atoms with Crippen LogP contribution in [0.3, 0.4) is 0 Å². The maximum atomic E-state index is 5.02. The van der Waals surface area contributed by atoms with E-state index >= 15 is 0 Å². The number of pyridine rings is 1. The maximum absolute atomic E-state index is 5.02. The predicted octanol–water partition coefficient (Wildman–Crippen LogP) is 4.36. The molecule has 0 unspecified atom stereocenters. The Morgan fingerprint density at radius 2 is 2.00 bits per heavy atom. The lowest BCUT2D eigenvalue weighted by atomic mass is 10.1. The van der Waals surface area contributed by atoms with Crippen molar-refractivity contribution in [2.75, 3.05) is 0 Å². The van der Waals surface area contributed by atoms with Crippen LogP contribution >= 0.6 is 11.3 Å². The van der Waals surface area contributed by atoms with Crippen molar-refractivity contribution in [3.63, 3.8) is 0 Å². The number of aryl methyl sites for hydroxylation is 2. The summed E-state index contributed by atoms with van der Waals surface area (Å²) in [5.41, 5.74) is 4.23. The van der Waals surface area contributed by atoms with Gasteiger partial charge in [0.1, 0.15) is 16.8 Å². The number of rotatable bonds is 2. The first-order valence-corrected chi connectivity index (χ1v) is 7.50. The van der Waals surface area contributed by atoms with Gasteiger partial charge in [0, 0.05) is 29.5 Å². The van der Waals surface area contributed by atoms with E-state index in [0.29, 0.717) is 0 Å². The van der Waals surface area contributed by atoms with Gasteiger partial charge in [-0.15, -0.1) is 11.3 Å². The van der Waals surface area contributed by atoms with Crippen LogP contribution in [0.5, 0.6) is 0 Å². The average molecular weight is 295 g/mol. The summed E-state index contributed by atoms with van der Waals surface area (Å²) in [6.45, 7) is 4.15. The van der Waals surface area contributed by atoms with Gasteiger partial charge < -0.3 is 9.09 Å². The first-order valence-electron chi connectivity index (χ1n) is 6.69. The van der Waals surface area contributed by atoms with E-state index in [1.807, 2.05) is 37.5 Å². The Morgan fingerprint density at radius 3 is 2.71 bits per heavy atom. The molecule has 4 rings (SSSR count). The lowest BCUT2D eigenvalue weighted by Gasteiger charge is -2.06. The molecule has 4 aromatic heterocycles. The summed E-state index contributed by atoms with van der Waals surface area (Å²) in [7, 11) is 0. The number of fused-ring (bicyclic) bond motifs is 1. The minimum atomic E-state index is 0.846. The van der Waals surface area contributed by atoms with Crippen LogP contribution in [0.15, 0.2) is 47.4 Å². The Labute approximate surface area is 125 Å². The second-order valence-corrected chi connectivity index (χ2v) is 6.01.